The summed E-state index contributed by atoms with van der Waals surface area (Å²) in [5.41, 5.74) is -0.798. The third kappa shape index (κ3) is 3.08. The molecule has 0 rings (SSSR count). The molecule has 0 aromatic rings. The fourth-order valence-corrected chi connectivity index (χ4v) is 4.60. The number of carbonyl (C=O) groups excluding carboxylic acids is 1. The van der Waals surface area contributed by atoms with Crippen LogP contribution in [-0.4, -0.2) is 42.6 Å². The smallest absolute Gasteiger partial charge is 0.326 e. The molecule has 0 radical (unpaired) electrons. The van der Waals surface area contributed by atoms with E-state index in [0.29, 0.717) is 0 Å². The van der Waals surface area contributed by atoms with Gasteiger partial charge in [-0.2, -0.15) is 0 Å². The van der Waals surface area contributed by atoms with Crippen molar-refractivity contribution >= 4 is 24.2 Å². The Bertz CT molecular complexity index is 336. The van der Waals surface area contributed by atoms with Crippen LogP contribution in [0.4, 0.5) is 0 Å². The van der Waals surface area contributed by atoms with Gasteiger partial charge >= 0.3 is 5.97 Å². The molecular formula is C11H24NO3PS. The van der Waals surface area contributed by atoms with Gasteiger partial charge < -0.3 is 9.26 Å². The molecule has 6 heteroatoms. The Balaban J connectivity index is 5.49. The molecule has 0 aliphatic carbocycles. The van der Waals surface area contributed by atoms with Crippen LogP contribution in [-0.2, 0) is 25.9 Å². The minimum absolute atomic E-state index is 0.211. The lowest BCUT2D eigenvalue weighted by Gasteiger charge is -2.46. The summed E-state index contributed by atoms with van der Waals surface area (Å²) in [6.45, 7) is 9.68. The molecule has 102 valence electrons. The van der Waals surface area contributed by atoms with Crippen molar-refractivity contribution in [2.45, 2.75) is 45.3 Å². The average molecular weight is 281 g/mol. The van der Waals surface area contributed by atoms with E-state index in [1.807, 2.05) is 32.5 Å². The standard InChI is InChI=1S/C11H24NO3PS/c1-10(2,3)16(17,15-8)12(6)11(4,5)9(13)14-7/h1-8H3. The number of methoxy groups -OCH3 is 1. The SMILES string of the molecule is COC(=O)C(C)(C)N(C)P(=S)(OC)C(C)(C)C. The Morgan fingerprint density at radius 2 is 1.59 bits per heavy atom. The zero-order valence-corrected chi connectivity index (χ0v) is 13.7. The molecule has 0 aromatic heterocycles. The van der Waals surface area contributed by atoms with Crippen LogP contribution in [0.5, 0.6) is 0 Å². The molecule has 0 heterocycles. The van der Waals surface area contributed by atoms with Gasteiger partial charge in [-0.15, -0.1) is 0 Å². The lowest BCUT2D eigenvalue weighted by Crippen LogP contribution is -2.49. The summed E-state index contributed by atoms with van der Waals surface area (Å²) in [7, 11) is 4.81. The number of esters is 1. The quantitative estimate of drug-likeness (QED) is 0.585. The zero-order valence-electron chi connectivity index (χ0n) is 12.0. The normalized spacial score (nSPS) is 16.8. The van der Waals surface area contributed by atoms with Crippen molar-refractivity contribution in [2.75, 3.05) is 21.3 Å². The second-order valence-corrected chi connectivity index (χ2v) is 10.3. The van der Waals surface area contributed by atoms with Crippen molar-refractivity contribution in [2.24, 2.45) is 0 Å². The van der Waals surface area contributed by atoms with Crippen LogP contribution in [0.15, 0.2) is 0 Å². The van der Waals surface area contributed by atoms with Crippen molar-refractivity contribution in [1.82, 2.24) is 4.67 Å². The third-order valence-electron chi connectivity index (χ3n) is 2.98. The first kappa shape index (κ1) is 17.0. The van der Waals surface area contributed by atoms with Gasteiger partial charge in [-0.1, -0.05) is 20.8 Å². The van der Waals surface area contributed by atoms with Crippen LogP contribution in [0.3, 0.4) is 0 Å². The Morgan fingerprint density at radius 3 is 1.82 bits per heavy atom. The maximum Gasteiger partial charge on any atom is 0.326 e. The molecule has 0 fully saturated rings. The van der Waals surface area contributed by atoms with Crippen molar-refractivity contribution in [1.29, 1.82) is 0 Å². The van der Waals surface area contributed by atoms with Gasteiger partial charge in [-0.05, 0) is 32.7 Å². The molecule has 0 aliphatic heterocycles. The highest BCUT2D eigenvalue weighted by Gasteiger charge is 2.46. The lowest BCUT2D eigenvalue weighted by molar-refractivity contribution is -0.149. The van der Waals surface area contributed by atoms with E-state index < -0.39 is 12.0 Å². The van der Waals surface area contributed by atoms with E-state index in [4.69, 9.17) is 21.1 Å². The molecule has 0 saturated carbocycles. The van der Waals surface area contributed by atoms with Crippen molar-refractivity contribution in [3.8, 4) is 0 Å². The van der Waals surface area contributed by atoms with Crippen LogP contribution in [0, 0.1) is 0 Å². The first-order valence-corrected chi connectivity index (χ1v) is 8.11. The van der Waals surface area contributed by atoms with Crippen molar-refractivity contribution < 1.29 is 14.1 Å². The van der Waals surface area contributed by atoms with Gasteiger partial charge in [-0.25, -0.2) is 4.67 Å². The van der Waals surface area contributed by atoms with Gasteiger partial charge in [-0.3, -0.25) is 4.79 Å². The number of likely N-dealkylation sites (N-methyl/N-ethyl adjacent to an activating group) is 1. The van der Waals surface area contributed by atoms with Gasteiger partial charge in [0.2, 0.25) is 0 Å². The zero-order chi connectivity index (χ0) is 14.1. The maximum atomic E-state index is 11.8. The molecule has 1 atom stereocenters. The maximum absolute atomic E-state index is 11.8. The Hall–Kier alpha value is 0.0400. The summed E-state index contributed by atoms with van der Waals surface area (Å²) in [6, 6.07) is 0. The largest absolute Gasteiger partial charge is 0.468 e. The van der Waals surface area contributed by atoms with Crippen LogP contribution < -0.4 is 0 Å². The minimum Gasteiger partial charge on any atom is -0.468 e. The first-order valence-electron chi connectivity index (χ1n) is 5.43. The predicted molar refractivity (Wildman–Crippen MR) is 74.9 cm³/mol. The molecule has 0 aliphatic rings. The summed E-state index contributed by atoms with van der Waals surface area (Å²) >= 11 is 5.69. The van der Waals surface area contributed by atoms with Gasteiger partial charge in [0.25, 0.3) is 0 Å². The fourth-order valence-electron chi connectivity index (χ4n) is 1.56. The number of rotatable bonds is 4. The highest BCUT2D eigenvalue weighted by Crippen LogP contribution is 2.62. The molecule has 0 saturated heterocycles. The number of ether oxygens (including phenoxy) is 1. The van der Waals surface area contributed by atoms with E-state index in [1.165, 1.54) is 7.11 Å². The Labute approximate surface area is 110 Å². The van der Waals surface area contributed by atoms with E-state index in [-0.39, 0.29) is 11.1 Å². The molecule has 4 nitrogen and oxygen atoms in total. The Morgan fingerprint density at radius 1 is 1.18 bits per heavy atom. The lowest BCUT2D eigenvalue weighted by atomic mass is 10.1. The third-order valence-corrected chi connectivity index (χ3v) is 9.29. The van der Waals surface area contributed by atoms with E-state index >= 15 is 0 Å². The van der Waals surface area contributed by atoms with Gasteiger partial charge in [0.15, 0.2) is 0 Å². The number of hydrogen-bond donors (Lipinski definition) is 0. The molecule has 0 aromatic carbocycles. The summed E-state index contributed by atoms with van der Waals surface area (Å²) < 4.78 is 12.3. The monoisotopic (exact) mass is 281 g/mol. The summed E-state index contributed by atoms with van der Waals surface area (Å²) in [4.78, 5) is 11.8. The number of carbonyl (C=O) groups is 1. The molecule has 0 amide bonds. The van der Waals surface area contributed by atoms with Gasteiger partial charge in [0, 0.05) is 12.3 Å². The predicted octanol–water partition coefficient (Wildman–Crippen LogP) is 2.62. The van der Waals surface area contributed by atoms with E-state index in [2.05, 4.69) is 0 Å². The molecule has 0 spiro atoms. The number of hydrogen-bond acceptors (Lipinski definition) is 4. The molecule has 0 N–H and O–H groups in total. The molecule has 1 unspecified atom stereocenters. The second kappa shape index (κ2) is 5.35. The molecule has 0 bridgehead atoms. The second-order valence-electron chi connectivity index (χ2n) is 5.45. The first-order chi connectivity index (χ1) is 7.45. The van der Waals surface area contributed by atoms with Gasteiger partial charge in [0.1, 0.15) is 12.0 Å². The van der Waals surface area contributed by atoms with Crippen LogP contribution in [0.25, 0.3) is 0 Å². The Kier molecular flexibility index (Phi) is 5.36. The van der Waals surface area contributed by atoms with Gasteiger partial charge in [0.05, 0.1) is 7.11 Å². The van der Waals surface area contributed by atoms with Crippen LogP contribution in [0.1, 0.15) is 34.6 Å². The minimum atomic E-state index is -2.30. The van der Waals surface area contributed by atoms with Crippen LogP contribution in [0.2, 0.25) is 0 Å². The van der Waals surface area contributed by atoms with Crippen LogP contribution >= 0.6 is 6.42 Å². The highest BCUT2D eigenvalue weighted by atomic mass is 32.4. The van der Waals surface area contributed by atoms with E-state index in [9.17, 15) is 4.79 Å². The summed E-state index contributed by atoms with van der Waals surface area (Å²) in [5, 5.41) is -0.211. The van der Waals surface area contributed by atoms with E-state index in [1.54, 1.807) is 21.0 Å². The van der Waals surface area contributed by atoms with E-state index in [0.717, 1.165) is 0 Å². The van der Waals surface area contributed by atoms with Crippen molar-refractivity contribution in [3.05, 3.63) is 0 Å². The summed E-state index contributed by atoms with van der Waals surface area (Å²) in [6.07, 6.45) is -2.30. The summed E-state index contributed by atoms with van der Waals surface area (Å²) in [5.74, 6) is -0.310. The van der Waals surface area contributed by atoms with Crippen molar-refractivity contribution in [3.63, 3.8) is 0 Å². The average Bonchev–Trinajstić information content (AvgIpc) is 2.23. The molecular weight excluding hydrogens is 257 g/mol. The topological polar surface area (TPSA) is 38.8 Å². The number of nitrogens with zero attached hydrogens (tertiary/aromatic N) is 1. The fraction of sp³-hybridized carbons (Fsp3) is 0.909. The molecule has 17 heavy (non-hydrogen) atoms. The highest BCUT2D eigenvalue weighted by molar-refractivity contribution is 8.11.